The van der Waals surface area contributed by atoms with Crippen molar-refractivity contribution in [2.75, 3.05) is 0 Å². The number of hydrogen-bond donors (Lipinski definition) is 0. The minimum Gasteiger partial charge on any atom is -0.361 e. The van der Waals surface area contributed by atoms with Crippen LogP contribution in [0.15, 0.2) is 24.3 Å². The molecule has 0 bridgehead atoms. The maximum absolute atomic E-state index is 5.10. The molecule has 1 nitrogen and oxygen atoms in total. The zero-order chi connectivity index (χ0) is 4.69. The molecule has 41 valence electrons. The van der Waals surface area contributed by atoms with E-state index in [0.717, 1.165) is 0 Å². The van der Waals surface area contributed by atoms with Gasteiger partial charge in [-0.2, -0.15) is 0 Å². The van der Waals surface area contributed by atoms with E-state index in [4.69, 9.17) is 4.74 Å². The van der Waals surface area contributed by atoms with E-state index in [1.807, 2.05) is 12.2 Å². The fourth-order valence-electron chi connectivity index (χ4n) is 0.793. The monoisotopic (exact) mass is 169 g/mol. The molecule has 0 saturated carbocycles. The van der Waals surface area contributed by atoms with Crippen LogP contribution in [-0.4, -0.2) is 30.2 Å². The normalized spacial score (nSPS) is 38.0. The topological polar surface area (TPSA) is 12.5 Å². The van der Waals surface area contributed by atoms with Crippen LogP contribution in [0.5, 0.6) is 0 Å². The fourth-order valence-corrected chi connectivity index (χ4v) is 0.793. The number of epoxide rings is 1. The Balaban J connectivity index is 0.000000320. The van der Waals surface area contributed by atoms with Crippen LogP contribution in [0.4, 0.5) is 0 Å². The van der Waals surface area contributed by atoms with Crippen molar-refractivity contribution in [3.63, 3.8) is 0 Å². The predicted octanol–water partition coefficient (Wildman–Crippen LogP) is 0.499. The van der Waals surface area contributed by atoms with Crippen molar-refractivity contribution < 1.29 is 4.74 Å². The second-order valence-corrected chi connectivity index (χ2v) is 1.84. The van der Waals surface area contributed by atoms with Gasteiger partial charge in [-0.05, 0) is 0 Å². The number of allylic oxidation sites excluding steroid dienone is 2. The molecule has 2 rings (SSSR count). The van der Waals surface area contributed by atoms with Gasteiger partial charge in [0, 0.05) is 18.0 Å². The summed E-state index contributed by atoms with van der Waals surface area (Å²) in [6.45, 7) is 0. The molecular formula is C6H6AsO. The number of hydrogen-bond acceptors (Lipinski definition) is 1. The third-order valence-corrected chi connectivity index (χ3v) is 1.27. The van der Waals surface area contributed by atoms with Crippen LogP contribution in [-0.2, 0) is 4.74 Å². The molecule has 0 aromatic rings. The molecule has 0 N–H and O–H groups in total. The maximum atomic E-state index is 5.10. The van der Waals surface area contributed by atoms with Crippen LogP contribution in [0.25, 0.3) is 0 Å². The Bertz CT molecular complexity index is 123. The molecule has 8 heavy (non-hydrogen) atoms. The Labute approximate surface area is 59.7 Å². The van der Waals surface area contributed by atoms with Crippen molar-refractivity contribution in [1.82, 2.24) is 0 Å². The molecule has 1 saturated heterocycles. The quantitative estimate of drug-likeness (QED) is 0.380. The summed E-state index contributed by atoms with van der Waals surface area (Å²) >= 11 is 0. The molecule has 2 aliphatic rings. The van der Waals surface area contributed by atoms with E-state index in [0.29, 0.717) is 12.2 Å². The van der Waals surface area contributed by atoms with Gasteiger partial charge < -0.3 is 4.74 Å². The molecule has 0 aromatic heterocycles. The zero-order valence-corrected chi connectivity index (χ0v) is 6.20. The van der Waals surface area contributed by atoms with Crippen LogP contribution in [0, 0.1) is 0 Å². The first kappa shape index (κ1) is 6.12. The molecule has 1 aliphatic carbocycles. The van der Waals surface area contributed by atoms with Gasteiger partial charge in [-0.1, -0.05) is 24.3 Å². The summed E-state index contributed by atoms with van der Waals surface area (Å²) in [7, 11) is 0. The van der Waals surface area contributed by atoms with Gasteiger partial charge in [-0.15, -0.1) is 0 Å². The van der Waals surface area contributed by atoms with Crippen LogP contribution in [0.1, 0.15) is 0 Å². The average Bonchev–Trinajstić information content (AvgIpc) is 2.41. The Kier molecular flexibility index (Phi) is 1.59. The van der Waals surface area contributed by atoms with E-state index in [1.165, 1.54) is 0 Å². The Morgan fingerprint density at radius 2 is 1.50 bits per heavy atom. The molecule has 2 heteroatoms. The van der Waals surface area contributed by atoms with Crippen LogP contribution in [0.3, 0.4) is 0 Å². The summed E-state index contributed by atoms with van der Waals surface area (Å²) in [4.78, 5) is 0. The van der Waals surface area contributed by atoms with E-state index >= 15 is 0 Å². The van der Waals surface area contributed by atoms with Gasteiger partial charge in [0.05, 0.1) is 0 Å². The maximum Gasteiger partial charge on any atom is 0.107 e. The first-order valence-corrected chi connectivity index (χ1v) is 2.47. The van der Waals surface area contributed by atoms with Crippen molar-refractivity contribution in [2.24, 2.45) is 0 Å². The minimum absolute atomic E-state index is 0. The number of ether oxygens (including phenoxy) is 1. The van der Waals surface area contributed by atoms with Gasteiger partial charge >= 0.3 is 0 Å². The van der Waals surface area contributed by atoms with Crippen molar-refractivity contribution in [3.05, 3.63) is 24.3 Å². The summed E-state index contributed by atoms with van der Waals surface area (Å²) in [5, 5.41) is 0. The Hall–Kier alpha value is -0.00156. The Morgan fingerprint density at radius 3 is 1.88 bits per heavy atom. The van der Waals surface area contributed by atoms with Gasteiger partial charge in [0.25, 0.3) is 0 Å². The van der Waals surface area contributed by atoms with Crippen LogP contribution in [0.2, 0.25) is 0 Å². The molecular weight excluding hydrogens is 163 g/mol. The molecule has 2 unspecified atom stereocenters. The van der Waals surface area contributed by atoms with E-state index in [-0.39, 0.29) is 18.0 Å². The van der Waals surface area contributed by atoms with E-state index < -0.39 is 0 Å². The molecule has 0 aromatic carbocycles. The van der Waals surface area contributed by atoms with Crippen molar-refractivity contribution in [2.45, 2.75) is 12.2 Å². The largest absolute Gasteiger partial charge is 0.361 e. The summed E-state index contributed by atoms with van der Waals surface area (Å²) in [5.41, 5.74) is 0. The molecule has 1 heterocycles. The zero-order valence-electron chi connectivity index (χ0n) is 4.32. The van der Waals surface area contributed by atoms with Crippen molar-refractivity contribution in [1.29, 1.82) is 0 Å². The second kappa shape index (κ2) is 2.08. The van der Waals surface area contributed by atoms with Crippen molar-refractivity contribution >= 4 is 18.0 Å². The molecule has 1 fully saturated rings. The smallest absolute Gasteiger partial charge is 0.107 e. The summed E-state index contributed by atoms with van der Waals surface area (Å²) < 4.78 is 5.10. The minimum atomic E-state index is 0. The van der Waals surface area contributed by atoms with Crippen molar-refractivity contribution in [3.8, 4) is 0 Å². The van der Waals surface area contributed by atoms with Crippen LogP contribution >= 0.6 is 0 Å². The van der Waals surface area contributed by atoms with Gasteiger partial charge in [0.1, 0.15) is 12.2 Å². The molecule has 0 spiro atoms. The van der Waals surface area contributed by atoms with Gasteiger partial charge in [0.15, 0.2) is 0 Å². The van der Waals surface area contributed by atoms with E-state index in [9.17, 15) is 0 Å². The molecule has 1 aliphatic heterocycles. The first-order chi connectivity index (χ1) is 3.47. The molecule has 0 amide bonds. The summed E-state index contributed by atoms with van der Waals surface area (Å²) in [5.74, 6) is 0. The summed E-state index contributed by atoms with van der Waals surface area (Å²) in [6.07, 6.45) is 9.06. The first-order valence-electron chi connectivity index (χ1n) is 2.47. The van der Waals surface area contributed by atoms with Crippen LogP contribution < -0.4 is 0 Å². The average molecular weight is 169 g/mol. The summed E-state index contributed by atoms with van der Waals surface area (Å²) in [6, 6.07) is 0. The Morgan fingerprint density at radius 1 is 1.00 bits per heavy atom. The SMILES string of the molecule is C1=CC2OC2C=C1.[As]. The molecule has 3 radical (unpaired) electrons. The van der Waals surface area contributed by atoms with Gasteiger partial charge in [-0.3, -0.25) is 0 Å². The fraction of sp³-hybridized carbons (Fsp3) is 0.333. The third kappa shape index (κ3) is 0.887. The predicted molar refractivity (Wildman–Crippen MR) is 32.7 cm³/mol. The number of fused-ring (bicyclic) bond motifs is 1. The third-order valence-electron chi connectivity index (χ3n) is 1.27. The standard InChI is InChI=1S/C6H6O.As/c1-2-4-6-5(3-1)7-6;/h1-6H;. The van der Waals surface area contributed by atoms with Gasteiger partial charge in [0.2, 0.25) is 0 Å². The van der Waals surface area contributed by atoms with E-state index in [2.05, 4.69) is 12.2 Å². The second-order valence-electron chi connectivity index (χ2n) is 1.84. The molecule has 2 atom stereocenters. The van der Waals surface area contributed by atoms with E-state index in [1.54, 1.807) is 0 Å². The number of rotatable bonds is 0. The van der Waals surface area contributed by atoms with Gasteiger partial charge in [-0.25, -0.2) is 0 Å².